The quantitative estimate of drug-likeness (QED) is 0.661. The van der Waals surface area contributed by atoms with E-state index < -0.39 is 17.5 Å². The Hall–Kier alpha value is -1.34. The Morgan fingerprint density at radius 1 is 1.67 bits per heavy atom. The zero-order chi connectivity index (χ0) is 13.3. The molecule has 98 valence electrons. The number of aliphatic hydroxyl groups is 1. The van der Waals surface area contributed by atoms with Gasteiger partial charge in [-0.05, 0) is 34.8 Å². The molecule has 0 aliphatic heterocycles. The van der Waals surface area contributed by atoms with Crippen LogP contribution in [0.5, 0.6) is 0 Å². The summed E-state index contributed by atoms with van der Waals surface area (Å²) in [6.07, 6.45) is 1.56. The van der Waals surface area contributed by atoms with E-state index in [1.54, 1.807) is 12.3 Å². The summed E-state index contributed by atoms with van der Waals surface area (Å²) < 4.78 is 0.761. The van der Waals surface area contributed by atoms with Gasteiger partial charge in [-0.3, -0.25) is 4.79 Å². The lowest BCUT2D eigenvalue weighted by Crippen LogP contribution is -2.51. The van der Waals surface area contributed by atoms with Crippen LogP contribution in [0.15, 0.2) is 16.7 Å². The Morgan fingerprint density at radius 2 is 2.33 bits per heavy atom. The van der Waals surface area contributed by atoms with E-state index in [1.165, 1.54) is 0 Å². The van der Waals surface area contributed by atoms with Crippen molar-refractivity contribution in [2.75, 3.05) is 17.6 Å². The highest BCUT2D eigenvalue weighted by molar-refractivity contribution is 9.10. The Labute approximate surface area is 112 Å². The molecule has 0 unspecified atom stereocenters. The number of nitrogens with zero attached hydrogens (tertiary/aromatic N) is 1. The summed E-state index contributed by atoms with van der Waals surface area (Å²) in [6.45, 7) is 0.224. The maximum atomic E-state index is 11.2. The number of anilines is 2. The number of aliphatic hydroxyl groups excluding tert-OH is 1. The highest BCUT2D eigenvalue weighted by atomic mass is 79.9. The van der Waals surface area contributed by atoms with Gasteiger partial charge in [-0.2, -0.15) is 0 Å². The summed E-state index contributed by atoms with van der Waals surface area (Å²) in [7, 11) is 0. The lowest BCUT2D eigenvalue weighted by molar-refractivity contribution is -0.161. The van der Waals surface area contributed by atoms with Gasteiger partial charge in [0.1, 0.15) is 5.82 Å². The maximum Gasteiger partial charge on any atom is 0.311 e. The molecule has 1 aromatic heterocycles. The van der Waals surface area contributed by atoms with Crippen LogP contribution in [-0.4, -0.2) is 33.8 Å². The number of aromatic nitrogens is 1. The second-order valence-electron chi connectivity index (χ2n) is 4.59. The molecule has 1 aliphatic rings. The monoisotopic (exact) mass is 315 g/mol. The Kier molecular flexibility index (Phi) is 3.45. The second-order valence-corrected chi connectivity index (χ2v) is 5.50. The molecule has 1 aliphatic carbocycles. The molecule has 0 spiro atoms. The van der Waals surface area contributed by atoms with E-state index in [0.717, 1.165) is 4.47 Å². The number of nitrogens with two attached hydrogens (primary N) is 1. The number of aliphatic carboxylic acids is 1. The molecule has 0 amide bonds. The van der Waals surface area contributed by atoms with Crippen LogP contribution in [0.1, 0.15) is 12.8 Å². The van der Waals surface area contributed by atoms with E-state index in [-0.39, 0.29) is 19.4 Å². The Morgan fingerprint density at radius 3 is 2.89 bits per heavy atom. The summed E-state index contributed by atoms with van der Waals surface area (Å²) in [6, 6.07) is 1.74. The fraction of sp³-hybridized carbons (Fsp3) is 0.455. The van der Waals surface area contributed by atoms with Gasteiger partial charge in [0.15, 0.2) is 0 Å². The van der Waals surface area contributed by atoms with Crippen molar-refractivity contribution < 1.29 is 15.0 Å². The first-order valence-electron chi connectivity index (χ1n) is 5.49. The molecule has 2 rings (SSSR count). The molecule has 1 aromatic rings. The number of rotatable bonds is 4. The van der Waals surface area contributed by atoms with Crippen molar-refractivity contribution >= 4 is 33.4 Å². The third kappa shape index (κ3) is 2.41. The molecule has 1 heterocycles. The summed E-state index contributed by atoms with van der Waals surface area (Å²) in [5.74, 6) is -0.583. The summed E-state index contributed by atoms with van der Waals surface area (Å²) in [5, 5.41) is 21.5. The molecular formula is C11H14BrN3O3. The zero-order valence-corrected chi connectivity index (χ0v) is 11.1. The normalized spacial score (nSPS) is 26.4. The number of hydrogen-bond donors (Lipinski definition) is 4. The number of nitrogens with one attached hydrogen (secondary N) is 1. The van der Waals surface area contributed by atoms with E-state index in [0.29, 0.717) is 11.5 Å². The molecule has 5 N–H and O–H groups in total. The van der Waals surface area contributed by atoms with Crippen molar-refractivity contribution in [1.29, 1.82) is 0 Å². The standard InChI is InChI=1S/C11H14BrN3O3/c12-6-1-8(9(13)14-4-6)15-5-11(10(17)18)2-7(16)3-11/h1,4,7,15-16H,2-3,5H2,(H2,13,14)(H,17,18). The van der Waals surface area contributed by atoms with Gasteiger partial charge in [-0.15, -0.1) is 0 Å². The van der Waals surface area contributed by atoms with Crippen LogP contribution in [0.25, 0.3) is 0 Å². The fourth-order valence-electron chi connectivity index (χ4n) is 2.09. The van der Waals surface area contributed by atoms with Crippen molar-refractivity contribution in [3.8, 4) is 0 Å². The minimum Gasteiger partial charge on any atom is -0.481 e. The molecule has 0 saturated heterocycles. The van der Waals surface area contributed by atoms with Gasteiger partial charge in [0.2, 0.25) is 0 Å². The number of halogens is 1. The van der Waals surface area contributed by atoms with Crippen molar-refractivity contribution in [3.05, 3.63) is 16.7 Å². The van der Waals surface area contributed by atoms with Gasteiger partial charge < -0.3 is 21.3 Å². The van der Waals surface area contributed by atoms with E-state index in [1.807, 2.05) is 0 Å². The van der Waals surface area contributed by atoms with E-state index in [2.05, 4.69) is 26.2 Å². The molecule has 0 atom stereocenters. The maximum absolute atomic E-state index is 11.2. The zero-order valence-electron chi connectivity index (χ0n) is 9.56. The molecule has 0 bridgehead atoms. The average molecular weight is 316 g/mol. The van der Waals surface area contributed by atoms with Gasteiger partial charge in [0, 0.05) is 17.2 Å². The van der Waals surface area contributed by atoms with Crippen molar-refractivity contribution in [2.45, 2.75) is 18.9 Å². The summed E-state index contributed by atoms with van der Waals surface area (Å²) in [4.78, 5) is 15.2. The van der Waals surface area contributed by atoms with Crippen LogP contribution >= 0.6 is 15.9 Å². The van der Waals surface area contributed by atoms with Crippen molar-refractivity contribution in [2.24, 2.45) is 5.41 Å². The molecular weight excluding hydrogens is 302 g/mol. The molecule has 6 nitrogen and oxygen atoms in total. The highest BCUT2D eigenvalue weighted by Gasteiger charge is 2.49. The van der Waals surface area contributed by atoms with Crippen molar-refractivity contribution in [3.63, 3.8) is 0 Å². The fourth-order valence-corrected chi connectivity index (χ4v) is 2.42. The molecule has 18 heavy (non-hydrogen) atoms. The first-order chi connectivity index (χ1) is 8.43. The van der Waals surface area contributed by atoms with Crippen molar-refractivity contribution in [1.82, 2.24) is 4.98 Å². The Bertz CT molecular complexity index is 475. The molecule has 0 radical (unpaired) electrons. The summed E-state index contributed by atoms with van der Waals surface area (Å²) in [5.41, 5.74) is 5.37. The van der Waals surface area contributed by atoms with Gasteiger partial charge in [-0.1, -0.05) is 0 Å². The average Bonchev–Trinajstić information content (AvgIpc) is 2.26. The van der Waals surface area contributed by atoms with E-state index >= 15 is 0 Å². The predicted octanol–water partition coefficient (Wildman–Crippen LogP) is 1.06. The number of pyridine rings is 1. The van der Waals surface area contributed by atoms with Crippen LogP contribution in [-0.2, 0) is 4.79 Å². The Balaban J connectivity index is 2.06. The highest BCUT2D eigenvalue weighted by Crippen LogP contribution is 2.41. The molecule has 1 saturated carbocycles. The SMILES string of the molecule is Nc1ncc(Br)cc1NCC1(C(=O)O)CC(O)C1. The van der Waals surface area contributed by atoms with Gasteiger partial charge in [-0.25, -0.2) is 4.98 Å². The third-order valence-electron chi connectivity index (χ3n) is 3.21. The first-order valence-corrected chi connectivity index (χ1v) is 6.29. The number of carbonyl (C=O) groups is 1. The van der Waals surface area contributed by atoms with Crippen LogP contribution in [0.2, 0.25) is 0 Å². The van der Waals surface area contributed by atoms with Crippen LogP contribution in [0, 0.1) is 5.41 Å². The second kappa shape index (κ2) is 4.74. The predicted molar refractivity (Wildman–Crippen MR) is 70.1 cm³/mol. The first kappa shape index (κ1) is 13.1. The number of hydrogen-bond acceptors (Lipinski definition) is 5. The van der Waals surface area contributed by atoms with Gasteiger partial charge in [0.05, 0.1) is 17.2 Å². The molecule has 0 aromatic carbocycles. The molecule has 7 heteroatoms. The smallest absolute Gasteiger partial charge is 0.311 e. The topological polar surface area (TPSA) is 108 Å². The lowest BCUT2D eigenvalue weighted by Gasteiger charge is -2.41. The number of carboxylic acid groups (broad SMARTS) is 1. The minimum absolute atomic E-state index is 0.224. The van der Waals surface area contributed by atoms with Crippen LogP contribution < -0.4 is 11.1 Å². The third-order valence-corrected chi connectivity index (χ3v) is 3.64. The number of nitrogen functional groups attached to an aromatic ring is 1. The van der Waals surface area contributed by atoms with Crippen LogP contribution in [0.3, 0.4) is 0 Å². The lowest BCUT2D eigenvalue weighted by atomic mass is 9.66. The van der Waals surface area contributed by atoms with Gasteiger partial charge >= 0.3 is 5.97 Å². The van der Waals surface area contributed by atoms with Crippen LogP contribution in [0.4, 0.5) is 11.5 Å². The number of carboxylic acids is 1. The largest absolute Gasteiger partial charge is 0.481 e. The van der Waals surface area contributed by atoms with E-state index in [9.17, 15) is 15.0 Å². The van der Waals surface area contributed by atoms with E-state index in [4.69, 9.17) is 5.73 Å². The summed E-state index contributed by atoms with van der Waals surface area (Å²) >= 11 is 3.27. The minimum atomic E-state index is -0.909. The van der Waals surface area contributed by atoms with Gasteiger partial charge in [0.25, 0.3) is 0 Å². The molecule has 1 fully saturated rings.